The number of carbonyl (C=O) groups excluding carboxylic acids is 2. The molecule has 0 saturated heterocycles. The fourth-order valence-corrected chi connectivity index (χ4v) is 6.62. The van der Waals surface area contributed by atoms with E-state index in [4.69, 9.17) is 0 Å². The molecular weight excluding hydrogens is 288 g/mol. The molecule has 23 heavy (non-hydrogen) atoms. The molecule has 0 heterocycles. The summed E-state index contributed by atoms with van der Waals surface area (Å²) in [6, 6.07) is 0. The molecule has 0 amide bonds. The van der Waals surface area contributed by atoms with Crippen LogP contribution in [-0.2, 0) is 9.59 Å². The van der Waals surface area contributed by atoms with Crippen molar-refractivity contribution in [2.45, 2.75) is 64.9 Å². The summed E-state index contributed by atoms with van der Waals surface area (Å²) in [5.41, 5.74) is 1.38. The van der Waals surface area contributed by atoms with Gasteiger partial charge in [-0.2, -0.15) is 0 Å². The quantitative estimate of drug-likeness (QED) is 0.459. The molecule has 0 bridgehead atoms. The summed E-state index contributed by atoms with van der Waals surface area (Å²) in [5.74, 6) is 1.36. The van der Waals surface area contributed by atoms with Crippen LogP contribution in [0, 0.1) is 34.5 Å². The number of Topliss-reactive ketones (excluding diaryl/α,β-unsaturated/α-hetero) is 1. The lowest BCUT2D eigenvalue weighted by atomic mass is 9.48. The van der Waals surface area contributed by atoms with Gasteiger partial charge >= 0.3 is 0 Å². The van der Waals surface area contributed by atoms with Crippen molar-refractivity contribution < 1.29 is 14.7 Å². The van der Waals surface area contributed by atoms with Gasteiger partial charge in [-0.1, -0.05) is 25.5 Å². The Balaban J connectivity index is 1.69. The van der Waals surface area contributed by atoms with Crippen LogP contribution in [0.2, 0.25) is 0 Å². The molecule has 0 aliphatic heterocycles. The second kappa shape index (κ2) is 5.02. The van der Waals surface area contributed by atoms with Gasteiger partial charge in [0.25, 0.3) is 0 Å². The maximum Gasteiger partial charge on any atom is 0.149 e. The predicted molar refractivity (Wildman–Crippen MR) is 87.7 cm³/mol. The molecule has 2 unspecified atom stereocenters. The van der Waals surface area contributed by atoms with Crippen LogP contribution in [0.1, 0.15) is 58.8 Å². The van der Waals surface area contributed by atoms with E-state index in [9.17, 15) is 14.7 Å². The second-order valence-corrected chi connectivity index (χ2v) is 8.95. The largest absolute Gasteiger partial charge is 0.393 e. The van der Waals surface area contributed by atoms with Crippen molar-refractivity contribution in [3.05, 3.63) is 11.6 Å². The topological polar surface area (TPSA) is 54.4 Å². The molecule has 4 aliphatic carbocycles. The lowest BCUT2D eigenvalue weighted by molar-refractivity contribution is -0.135. The Labute approximate surface area is 138 Å². The van der Waals surface area contributed by atoms with E-state index < -0.39 is 0 Å². The van der Waals surface area contributed by atoms with E-state index in [1.807, 2.05) is 0 Å². The van der Waals surface area contributed by atoms with E-state index in [1.54, 1.807) is 0 Å². The van der Waals surface area contributed by atoms with Crippen LogP contribution in [0.5, 0.6) is 0 Å². The highest BCUT2D eigenvalue weighted by molar-refractivity contribution is 5.99. The van der Waals surface area contributed by atoms with Gasteiger partial charge in [0.15, 0.2) is 0 Å². The zero-order chi connectivity index (χ0) is 16.4. The van der Waals surface area contributed by atoms with E-state index in [1.165, 1.54) is 5.57 Å². The Morgan fingerprint density at radius 3 is 2.65 bits per heavy atom. The number of carbonyl (C=O) groups is 2. The zero-order valence-corrected chi connectivity index (χ0v) is 14.3. The van der Waals surface area contributed by atoms with Crippen LogP contribution in [0.15, 0.2) is 11.6 Å². The Kier molecular flexibility index (Phi) is 3.39. The number of aldehydes is 1. The highest BCUT2D eigenvalue weighted by Crippen LogP contribution is 2.64. The van der Waals surface area contributed by atoms with Gasteiger partial charge in [0, 0.05) is 5.41 Å². The first-order valence-electron chi connectivity index (χ1n) is 9.27. The van der Waals surface area contributed by atoms with Crippen molar-refractivity contribution in [2.75, 3.05) is 0 Å². The summed E-state index contributed by atoms with van der Waals surface area (Å²) in [6.45, 7) is 4.50. The molecular formula is C20H28O3. The minimum Gasteiger partial charge on any atom is -0.393 e. The molecule has 4 rings (SSSR count). The molecule has 0 aromatic heterocycles. The first kappa shape index (κ1) is 15.6. The van der Waals surface area contributed by atoms with Crippen molar-refractivity contribution in [1.29, 1.82) is 0 Å². The smallest absolute Gasteiger partial charge is 0.149 e. The summed E-state index contributed by atoms with van der Waals surface area (Å²) < 4.78 is 0. The predicted octanol–water partition coefficient (Wildman–Crippen LogP) is 3.30. The van der Waals surface area contributed by atoms with Crippen LogP contribution in [0.4, 0.5) is 0 Å². The number of rotatable bonds is 1. The first-order chi connectivity index (χ1) is 10.9. The van der Waals surface area contributed by atoms with Crippen molar-refractivity contribution in [2.24, 2.45) is 34.5 Å². The highest BCUT2D eigenvalue weighted by atomic mass is 16.3. The fraction of sp³-hybridized carbons (Fsp3) is 0.800. The minimum absolute atomic E-state index is 0.174. The molecule has 3 saturated carbocycles. The monoisotopic (exact) mass is 316 g/mol. The fourth-order valence-electron chi connectivity index (χ4n) is 6.62. The van der Waals surface area contributed by atoms with E-state index in [0.717, 1.165) is 51.2 Å². The average Bonchev–Trinajstić information content (AvgIpc) is 2.79. The third-order valence-corrected chi connectivity index (χ3v) is 8.04. The number of allylic oxidation sites excluding steroid dienone is 1. The molecule has 4 aliphatic rings. The molecule has 1 N–H and O–H groups in total. The molecule has 3 nitrogen and oxygen atoms in total. The van der Waals surface area contributed by atoms with Crippen LogP contribution >= 0.6 is 0 Å². The molecule has 0 aromatic carbocycles. The van der Waals surface area contributed by atoms with Crippen LogP contribution in [-0.4, -0.2) is 23.3 Å². The van der Waals surface area contributed by atoms with Crippen molar-refractivity contribution in [3.8, 4) is 0 Å². The van der Waals surface area contributed by atoms with Crippen LogP contribution in [0.3, 0.4) is 0 Å². The van der Waals surface area contributed by atoms with Gasteiger partial charge in [-0.05, 0) is 68.1 Å². The summed E-state index contributed by atoms with van der Waals surface area (Å²) in [7, 11) is 0. The lowest BCUT2D eigenvalue weighted by Gasteiger charge is -2.56. The van der Waals surface area contributed by atoms with Gasteiger partial charge in [-0.25, -0.2) is 0 Å². The zero-order valence-electron chi connectivity index (χ0n) is 14.3. The normalized spacial score (nSPS) is 52.2. The average molecular weight is 316 g/mol. The standard InChI is InChI=1S/C20H28O3/c1-19-7-5-14(22)10-13(19)3-4-15-16(19)6-8-20(2)17(15)9-12(11-21)18(20)23/h3,11-12,14-17,22H,4-10H2,1-2H3/t12?,14?,15-,16-,17+,19+,20+/m1/s1. The summed E-state index contributed by atoms with van der Waals surface area (Å²) in [6.07, 6.45) is 9.71. The number of fused-ring (bicyclic) bond motifs is 5. The minimum atomic E-state index is -0.366. The SMILES string of the molecule is C[C@]12CCC(O)CC1=CC[C@@H]1[C@H]2CC[C@]2(C)C(=O)C(C=O)C[C@@H]12. The van der Waals surface area contributed by atoms with Gasteiger partial charge < -0.3 is 9.90 Å². The maximum atomic E-state index is 12.7. The Bertz CT molecular complexity index is 579. The van der Waals surface area contributed by atoms with Crippen molar-refractivity contribution >= 4 is 12.1 Å². The molecule has 0 radical (unpaired) electrons. The second-order valence-electron chi connectivity index (χ2n) is 8.95. The maximum absolute atomic E-state index is 12.7. The van der Waals surface area contributed by atoms with Gasteiger partial charge in [0.05, 0.1) is 12.0 Å². The number of aliphatic hydroxyl groups is 1. The molecule has 3 heteroatoms. The van der Waals surface area contributed by atoms with E-state index in [-0.39, 0.29) is 28.6 Å². The molecule has 0 aromatic rings. The number of ketones is 1. The Hall–Kier alpha value is -0.960. The number of hydrogen-bond acceptors (Lipinski definition) is 3. The van der Waals surface area contributed by atoms with Gasteiger partial charge in [0.2, 0.25) is 0 Å². The lowest BCUT2D eigenvalue weighted by Crippen LogP contribution is -2.50. The van der Waals surface area contributed by atoms with Gasteiger partial charge in [-0.3, -0.25) is 4.79 Å². The number of aliphatic hydroxyl groups excluding tert-OH is 1. The van der Waals surface area contributed by atoms with E-state index in [2.05, 4.69) is 19.9 Å². The van der Waals surface area contributed by atoms with Gasteiger partial charge in [-0.15, -0.1) is 0 Å². The van der Waals surface area contributed by atoms with Gasteiger partial charge in [0.1, 0.15) is 12.1 Å². The molecule has 126 valence electrons. The molecule has 7 atom stereocenters. The van der Waals surface area contributed by atoms with Crippen LogP contribution in [0.25, 0.3) is 0 Å². The van der Waals surface area contributed by atoms with E-state index in [0.29, 0.717) is 17.8 Å². The summed E-state index contributed by atoms with van der Waals surface area (Å²) in [4.78, 5) is 24.0. The van der Waals surface area contributed by atoms with Crippen molar-refractivity contribution in [3.63, 3.8) is 0 Å². The summed E-state index contributed by atoms with van der Waals surface area (Å²) >= 11 is 0. The first-order valence-corrected chi connectivity index (χ1v) is 9.27. The third-order valence-electron chi connectivity index (χ3n) is 8.04. The van der Waals surface area contributed by atoms with Crippen molar-refractivity contribution in [1.82, 2.24) is 0 Å². The number of hydrogen-bond donors (Lipinski definition) is 1. The Morgan fingerprint density at radius 2 is 1.91 bits per heavy atom. The molecule has 3 fully saturated rings. The molecule has 0 spiro atoms. The third kappa shape index (κ3) is 1.98. The van der Waals surface area contributed by atoms with E-state index >= 15 is 0 Å². The van der Waals surface area contributed by atoms with Crippen LogP contribution < -0.4 is 0 Å². The Morgan fingerprint density at radius 1 is 1.17 bits per heavy atom. The summed E-state index contributed by atoms with van der Waals surface area (Å²) in [5, 5.41) is 10.0. The highest BCUT2D eigenvalue weighted by Gasteiger charge is 2.60.